The summed E-state index contributed by atoms with van der Waals surface area (Å²) < 4.78 is 0. The third-order valence-corrected chi connectivity index (χ3v) is 3.43. The molecule has 1 aliphatic rings. The highest BCUT2D eigenvalue weighted by Crippen LogP contribution is 2.43. The molecule has 0 aromatic heterocycles. The van der Waals surface area contributed by atoms with Crippen LogP contribution in [0.25, 0.3) is 0 Å². The maximum absolute atomic E-state index is 9.36. The van der Waals surface area contributed by atoms with Crippen LogP contribution in [0.3, 0.4) is 0 Å². The van der Waals surface area contributed by atoms with Crippen molar-refractivity contribution >= 4 is 0 Å². The van der Waals surface area contributed by atoms with Gasteiger partial charge in [0.1, 0.15) is 0 Å². The van der Waals surface area contributed by atoms with Crippen LogP contribution in [-0.4, -0.2) is 23.8 Å². The van der Waals surface area contributed by atoms with Crippen LogP contribution in [0.15, 0.2) is 30.3 Å². The lowest BCUT2D eigenvalue weighted by Gasteiger charge is -2.43. The molecule has 1 aliphatic carbocycles. The monoisotopic (exact) mass is 230 g/mol. The van der Waals surface area contributed by atoms with E-state index in [2.05, 4.69) is 11.4 Å². The van der Waals surface area contributed by atoms with Gasteiger partial charge in [-0.25, -0.2) is 0 Å². The molecular weight excluding hydrogens is 212 g/mol. The third kappa shape index (κ3) is 2.49. The molecule has 3 heteroatoms. The van der Waals surface area contributed by atoms with Crippen LogP contribution in [-0.2, 0) is 5.41 Å². The topological polar surface area (TPSA) is 56.0 Å². The van der Waals surface area contributed by atoms with E-state index in [0.29, 0.717) is 12.6 Å². The van der Waals surface area contributed by atoms with E-state index in [-0.39, 0.29) is 11.5 Å². The summed E-state index contributed by atoms with van der Waals surface area (Å²) in [5.41, 5.74) is 0.787. The van der Waals surface area contributed by atoms with E-state index in [4.69, 9.17) is 0 Å². The number of nitrogens with one attached hydrogen (secondary N) is 1. The number of hydrogen-bond donors (Lipinski definition) is 2. The number of benzene rings is 1. The second kappa shape index (κ2) is 4.87. The van der Waals surface area contributed by atoms with Gasteiger partial charge >= 0.3 is 0 Å². The largest absolute Gasteiger partial charge is 0.392 e. The number of hydrogen-bond acceptors (Lipinski definition) is 3. The summed E-state index contributed by atoms with van der Waals surface area (Å²) in [6.45, 7) is 2.36. The molecule has 0 heterocycles. The number of aliphatic hydroxyl groups excluding tert-OH is 1. The molecule has 0 radical (unpaired) electrons. The van der Waals surface area contributed by atoms with E-state index in [9.17, 15) is 10.4 Å². The van der Waals surface area contributed by atoms with Gasteiger partial charge in [-0.3, -0.25) is 0 Å². The molecule has 0 aliphatic heterocycles. The first-order chi connectivity index (χ1) is 8.16. The van der Waals surface area contributed by atoms with Gasteiger partial charge in [0, 0.05) is 12.6 Å². The predicted octanol–water partition coefficient (Wildman–Crippen LogP) is 1.58. The Bertz CT molecular complexity index is 402. The fraction of sp³-hybridized carbons (Fsp3) is 0.500. The summed E-state index contributed by atoms with van der Waals surface area (Å²) in [6.07, 6.45) is 1.34. The van der Waals surface area contributed by atoms with Crippen LogP contribution in [0.2, 0.25) is 0 Å². The van der Waals surface area contributed by atoms with Crippen LogP contribution in [0.1, 0.15) is 25.3 Å². The van der Waals surface area contributed by atoms with Crippen molar-refractivity contribution in [3.63, 3.8) is 0 Å². The van der Waals surface area contributed by atoms with E-state index >= 15 is 0 Å². The van der Waals surface area contributed by atoms with Crippen LogP contribution in [0.5, 0.6) is 0 Å². The summed E-state index contributed by atoms with van der Waals surface area (Å²) >= 11 is 0. The summed E-state index contributed by atoms with van der Waals surface area (Å²) in [5, 5.41) is 21.8. The summed E-state index contributed by atoms with van der Waals surface area (Å²) in [5.74, 6) is 0. The second-order valence-electron chi connectivity index (χ2n) is 4.92. The predicted molar refractivity (Wildman–Crippen MR) is 66.4 cm³/mol. The Morgan fingerprint density at radius 3 is 2.65 bits per heavy atom. The molecule has 2 N–H and O–H groups in total. The highest BCUT2D eigenvalue weighted by Gasteiger charge is 2.45. The number of nitrogens with zero attached hydrogens (tertiary/aromatic N) is 1. The Kier molecular flexibility index (Phi) is 3.46. The molecule has 1 unspecified atom stereocenters. The Balaban J connectivity index is 1.97. The van der Waals surface area contributed by atoms with Crippen molar-refractivity contribution in [2.24, 2.45) is 0 Å². The maximum Gasteiger partial charge on any atom is 0.0852 e. The zero-order chi connectivity index (χ0) is 12.3. The lowest BCUT2D eigenvalue weighted by atomic mass is 9.62. The second-order valence-corrected chi connectivity index (χ2v) is 4.92. The van der Waals surface area contributed by atoms with Gasteiger partial charge in [0.05, 0.1) is 17.6 Å². The molecule has 1 saturated carbocycles. The molecule has 1 aromatic rings. The van der Waals surface area contributed by atoms with E-state index in [0.717, 1.165) is 18.4 Å². The van der Waals surface area contributed by atoms with Crippen molar-refractivity contribution in [2.45, 2.75) is 37.3 Å². The fourth-order valence-corrected chi connectivity index (χ4v) is 2.41. The molecule has 0 saturated heterocycles. The molecule has 90 valence electrons. The molecule has 1 atom stereocenters. The third-order valence-electron chi connectivity index (χ3n) is 3.43. The van der Waals surface area contributed by atoms with Gasteiger partial charge in [0.15, 0.2) is 0 Å². The number of nitriles is 1. The van der Waals surface area contributed by atoms with Crippen molar-refractivity contribution in [1.29, 1.82) is 5.26 Å². The summed E-state index contributed by atoms with van der Waals surface area (Å²) in [7, 11) is 0. The molecular formula is C14H18N2O. The van der Waals surface area contributed by atoms with Crippen LogP contribution < -0.4 is 5.32 Å². The Hall–Kier alpha value is -1.37. The number of rotatable bonds is 4. The molecule has 0 amide bonds. The van der Waals surface area contributed by atoms with Gasteiger partial charge in [-0.05, 0) is 25.3 Å². The van der Waals surface area contributed by atoms with Gasteiger partial charge < -0.3 is 10.4 Å². The van der Waals surface area contributed by atoms with Gasteiger partial charge in [-0.15, -0.1) is 0 Å². The zero-order valence-electron chi connectivity index (χ0n) is 10.1. The van der Waals surface area contributed by atoms with Crippen molar-refractivity contribution in [1.82, 2.24) is 5.32 Å². The Morgan fingerprint density at radius 1 is 1.47 bits per heavy atom. The quantitative estimate of drug-likeness (QED) is 0.825. The highest BCUT2D eigenvalue weighted by molar-refractivity contribution is 5.36. The smallest absolute Gasteiger partial charge is 0.0852 e. The molecule has 1 aromatic carbocycles. The average molecular weight is 230 g/mol. The molecule has 0 bridgehead atoms. The molecule has 3 nitrogen and oxygen atoms in total. The minimum absolute atomic E-state index is 0.322. The Labute approximate surface area is 102 Å². The van der Waals surface area contributed by atoms with Crippen LogP contribution >= 0.6 is 0 Å². The van der Waals surface area contributed by atoms with Gasteiger partial charge in [-0.1, -0.05) is 30.3 Å². The Morgan fingerprint density at radius 2 is 2.12 bits per heavy atom. The first kappa shape index (κ1) is 12.1. The standard InChI is InChI=1S/C14H18N2O/c1-11(17)9-16-13-7-14(8-13,10-15)12-5-3-2-4-6-12/h2-6,11,13,16-17H,7-9H2,1H3. The maximum atomic E-state index is 9.36. The van der Waals surface area contributed by atoms with Crippen LogP contribution in [0, 0.1) is 11.3 Å². The van der Waals surface area contributed by atoms with Crippen molar-refractivity contribution < 1.29 is 5.11 Å². The van der Waals surface area contributed by atoms with E-state index in [1.165, 1.54) is 0 Å². The minimum Gasteiger partial charge on any atom is -0.392 e. The lowest BCUT2D eigenvalue weighted by Crippen LogP contribution is -2.52. The summed E-state index contributed by atoms with van der Waals surface area (Å²) in [4.78, 5) is 0. The first-order valence-corrected chi connectivity index (χ1v) is 6.04. The van der Waals surface area contributed by atoms with E-state index in [1.54, 1.807) is 6.92 Å². The van der Waals surface area contributed by atoms with Crippen molar-refractivity contribution in [3.8, 4) is 6.07 Å². The average Bonchev–Trinajstić information content (AvgIpc) is 2.29. The minimum atomic E-state index is -0.330. The van der Waals surface area contributed by atoms with E-state index in [1.807, 2.05) is 30.3 Å². The van der Waals surface area contributed by atoms with Gasteiger partial charge in [0.25, 0.3) is 0 Å². The van der Waals surface area contributed by atoms with Crippen molar-refractivity contribution in [3.05, 3.63) is 35.9 Å². The molecule has 17 heavy (non-hydrogen) atoms. The lowest BCUT2D eigenvalue weighted by molar-refractivity contribution is 0.159. The van der Waals surface area contributed by atoms with Gasteiger partial charge in [-0.2, -0.15) is 5.26 Å². The zero-order valence-corrected chi connectivity index (χ0v) is 10.1. The SMILES string of the molecule is CC(O)CNC1CC(C#N)(c2ccccc2)C1. The van der Waals surface area contributed by atoms with Gasteiger partial charge in [0.2, 0.25) is 0 Å². The fourth-order valence-electron chi connectivity index (χ4n) is 2.41. The first-order valence-electron chi connectivity index (χ1n) is 6.04. The normalized spacial score (nSPS) is 29.1. The molecule has 0 spiro atoms. The summed E-state index contributed by atoms with van der Waals surface area (Å²) in [6, 6.07) is 12.8. The highest BCUT2D eigenvalue weighted by atomic mass is 16.3. The van der Waals surface area contributed by atoms with E-state index < -0.39 is 0 Å². The van der Waals surface area contributed by atoms with Crippen LogP contribution in [0.4, 0.5) is 0 Å². The number of aliphatic hydroxyl groups is 1. The molecule has 1 fully saturated rings. The molecule has 2 rings (SSSR count). The van der Waals surface area contributed by atoms with Crippen molar-refractivity contribution in [2.75, 3.05) is 6.54 Å².